The number of benzene rings is 2. The van der Waals surface area contributed by atoms with Gasteiger partial charge in [0.2, 0.25) is 10.0 Å². The van der Waals surface area contributed by atoms with E-state index in [4.69, 9.17) is 0 Å². The fourth-order valence-corrected chi connectivity index (χ4v) is 5.58. The molecular weight excluding hydrogens is 390 g/mol. The molecule has 0 spiro atoms. The van der Waals surface area contributed by atoms with E-state index in [1.165, 1.54) is 5.56 Å². The molecule has 2 aromatic rings. The standard InChI is InChI=1S/C22H30NO3S2/c1-5-7-18-9-12-22(19(14-18)8-6-2)28(25,26)23-15-17(4)27-20-10-11-21(24)16(3)13-20/h9-14,17,23H,5-8,15H2,1-4H3. The van der Waals surface area contributed by atoms with E-state index in [1.807, 2.05) is 25.1 Å². The van der Waals surface area contributed by atoms with Crippen LogP contribution in [0.3, 0.4) is 0 Å². The summed E-state index contributed by atoms with van der Waals surface area (Å²) in [5, 5.41) is 11.6. The van der Waals surface area contributed by atoms with Crippen LogP contribution >= 0.6 is 11.8 Å². The van der Waals surface area contributed by atoms with E-state index in [1.54, 1.807) is 36.9 Å². The highest BCUT2D eigenvalue weighted by Gasteiger charge is 2.19. The van der Waals surface area contributed by atoms with Gasteiger partial charge in [0.05, 0.1) is 4.90 Å². The van der Waals surface area contributed by atoms with E-state index >= 15 is 0 Å². The molecule has 0 bridgehead atoms. The van der Waals surface area contributed by atoms with Crippen molar-refractivity contribution in [3.8, 4) is 5.75 Å². The van der Waals surface area contributed by atoms with Crippen LogP contribution in [0.4, 0.5) is 0 Å². The molecule has 0 aliphatic carbocycles. The van der Waals surface area contributed by atoms with Gasteiger partial charge in [-0.05, 0) is 60.7 Å². The molecule has 1 N–H and O–H groups in total. The summed E-state index contributed by atoms with van der Waals surface area (Å²) in [6.07, 6.45) is 3.65. The fourth-order valence-electron chi connectivity index (χ4n) is 3.08. The highest BCUT2D eigenvalue weighted by atomic mass is 32.2. The molecule has 1 radical (unpaired) electrons. The van der Waals surface area contributed by atoms with Gasteiger partial charge in [0.1, 0.15) is 0 Å². The minimum absolute atomic E-state index is 0.0210. The van der Waals surface area contributed by atoms with Crippen LogP contribution in [0.2, 0.25) is 0 Å². The molecule has 4 nitrogen and oxygen atoms in total. The van der Waals surface area contributed by atoms with Crippen molar-refractivity contribution in [3.05, 3.63) is 53.1 Å². The average Bonchev–Trinajstić information content (AvgIpc) is 2.64. The van der Waals surface area contributed by atoms with Crippen LogP contribution in [0.1, 0.15) is 50.3 Å². The molecule has 0 fully saturated rings. The van der Waals surface area contributed by atoms with Gasteiger partial charge < -0.3 is 0 Å². The van der Waals surface area contributed by atoms with Crippen LogP contribution in [-0.4, -0.2) is 20.2 Å². The molecule has 1 atom stereocenters. The van der Waals surface area contributed by atoms with Gasteiger partial charge in [-0.2, -0.15) is 0 Å². The summed E-state index contributed by atoms with van der Waals surface area (Å²) in [6, 6.07) is 10.9. The van der Waals surface area contributed by atoms with Crippen LogP contribution in [0, 0.1) is 6.92 Å². The van der Waals surface area contributed by atoms with Gasteiger partial charge >= 0.3 is 0 Å². The van der Waals surface area contributed by atoms with Crippen molar-refractivity contribution in [2.75, 3.05) is 6.54 Å². The quantitative estimate of drug-likeness (QED) is 0.516. The summed E-state index contributed by atoms with van der Waals surface area (Å²) in [5.41, 5.74) is 2.78. The number of thioether (sulfide) groups is 1. The van der Waals surface area contributed by atoms with Crippen LogP contribution in [-0.2, 0) is 28.0 Å². The Morgan fingerprint density at radius 1 is 1.04 bits per heavy atom. The van der Waals surface area contributed by atoms with Crippen LogP contribution in [0.5, 0.6) is 5.75 Å². The Bertz CT molecular complexity index is 895. The minimum Gasteiger partial charge on any atom is -0.290 e. The number of hydrogen-bond acceptors (Lipinski definition) is 3. The molecule has 6 heteroatoms. The second-order valence-electron chi connectivity index (χ2n) is 7.15. The molecule has 0 aliphatic heterocycles. The van der Waals surface area contributed by atoms with Gasteiger partial charge in [-0.15, -0.1) is 11.8 Å². The van der Waals surface area contributed by atoms with E-state index in [2.05, 4.69) is 18.6 Å². The molecule has 0 saturated heterocycles. The first kappa shape index (κ1) is 22.8. The third kappa shape index (κ3) is 6.26. The molecular formula is C22H30NO3S2. The lowest BCUT2D eigenvalue weighted by Crippen LogP contribution is -2.30. The SMILES string of the molecule is CCCc1ccc(S(=O)(=O)NCC(C)Sc2ccc([O])c(C)c2)c(CCC)c1. The molecule has 0 amide bonds. The third-order valence-corrected chi connectivity index (χ3v) is 7.14. The minimum atomic E-state index is -3.56. The average molecular weight is 421 g/mol. The summed E-state index contributed by atoms with van der Waals surface area (Å²) < 4.78 is 28.5. The zero-order valence-corrected chi connectivity index (χ0v) is 18.8. The lowest BCUT2D eigenvalue weighted by Gasteiger charge is -2.16. The first-order chi connectivity index (χ1) is 13.3. The number of rotatable bonds is 10. The summed E-state index contributed by atoms with van der Waals surface area (Å²) >= 11 is 1.56. The lowest BCUT2D eigenvalue weighted by molar-refractivity contribution is 0.351. The van der Waals surface area contributed by atoms with E-state index in [9.17, 15) is 13.5 Å². The normalized spacial score (nSPS) is 12.9. The Kier molecular flexibility index (Phi) is 8.40. The Balaban J connectivity index is 2.08. The summed E-state index contributed by atoms with van der Waals surface area (Å²) in [4.78, 5) is 1.36. The molecule has 2 aromatic carbocycles. The van der Waals surface area contributed by atoms with Gasteiger partial charge in [-0.25, -0.2) is 13.1 Å². The van der Waals surface area contributed by atoms with Crippen molar-refractivity contribution in [2.45, 2.75) is 68.4 Å². The van der Waals surface area contributed by atoms with E-state index in [0.29, 0.717) is 17.0 Å². The maximum absolute atomic E-state index is 12.9. The molecule has 0 aliphatic rings. The lowest BCUT2D eigenvalue weighted by atomic mass is 10.0. The summed E-state index contributed by atoms with van der Waals surface area (Å²) in [5.74, 6) is 0.0210. The molecule has 0 heterocycles. The fraction of sp³-hybridized carbons (Fsp3) is 0.455. The Labute approximate surface area is 173 Å². The molecule has 28 heavy (non-hydrogen) atoms. The van der Waals surface area contributed by atoms with Crippen LogP contribution in [0.25, 0.3) is 0 Å². The predicted octanol–water partition coefficient (Wildman–Crippen LogP) is 5.50. The molecule has 0 saturated carbocycles. The smallest absolute Gasteiger partial charge is 0.240 e. The monoisotopic (exact) mass is 420 g/mol. The second-order valence-corrected chi connectivity index (χ2v) is 10.4. The van der Waals surface area contributed by atoms with E-state index in [0.717, 1.165) is 36.1 Å². The van der Waals surface area contributed by atoms with Crippen molar-refractivity contribution < 1.29 is 13.5 Å². The number of sulfonamides is 1. The summed E-state index contributed by atoms with van der Waals surface area (Å²) in [6.45, 7) is 8.27. The maximum Gasteiger partial charge on any atom is 0.240 e. The summed E-state index contributed by atoms with van der Waals surface area (Å²) in [7, 11) is -3.56. The number of hydrogen-bond donors (Lipinski definition) is 1. The van der Waals surface area contributed by atoms with Gasteiger partial charge in [0.15, 0.2) is 5.75 Å². The topological polar surface area (TPSA) is 66.1 Å². The van der Waals surface area contributed by atoms with Crippen molar-refractivity contribution in [1.82, 2.24) is 4.72 Å². The van der Waals surface area contributed by atoms with Crippen molar-refractivity contribution in [2.24, 2.45) is 0 Å². The number of nitrogens with one attached hydrogen (secondary N) is 1. The van der Waals surface area contributed by atoms with Crippen molar-refractivity contribution in [1.29, 1.82) is 0 Å². The van der Waals surface area contributed by atoms with Crippen LogP contribution in [0.15, 0.2) is 46.2 Å². The zero-order valence-electron chi connectivity index (χ0n) is 17.1. The molecule has 0 aromatic heterocycles. The van der Waals surface area contributed by atoms with Crippen molar-refractivity contribution >= 4 is 21.8 Å². The van der Waals surface area contributed by atoms with Gasteiger partial charge in [-0.1, -0.05) is 45.7 Å². The largest absolute Gasteiger partial charge is 0.290 e. The highest BCUT2D eigenvalue weighted by molar-refractivity contribution is 8.00. The Hall–Kier alpha value is -1.50. The van der Waals surface area contributed by atoms with Gasteiger partial charge in [0, 0.05) is 16.7 Å². The Morgan fingerprint density at radius 3 is 2.39 bits per heavy atom. The van der Waals surface area contributed by atoms with Gasteiger partial charge in [-0.3, -0.25) is 5.11 Å². The Morgan fingerprint density at radius 2 is 1.75 bits per heavy atom. The second kappa shape index (κ2) is 10.3. The first-order valence-electron chi connectivity index (χ1n) is 9.82. The maximum atomic E-state index is 12.9. The van der Waals surface area contributed by atoms with E-state index in [-0.39, 0.29) is 11.0 Å². The number of aryl methyl sites for hydroxylation is 3. The van der Waals surface area contributed by atoms with E-state index < -0.39 is 10.0 Å². The molecule has 1 unspecified atom stereocenters. The van der Waals surface area contributed by atoms with Gasteiger partial charge in [0.25, 0.3) is 0 Å². The first-order valence-corrected chi connectivity index (χ1v) is 12.2. The molecule has 2 rings (SSSR count). The zero-order chi connectivity index (χ0) is 20.7. The third-order valence-electron chi connectivity index (χ3n) is 4.52. The predicted molar refractivity (Wildman–Crippen MR) is 116 cm³/mol. The molecule has 153 valence electrons. The van der Waals surface area contributed by atoms with Crippen LogP contribution < -0.4 is 4.72 Å². The van der Waals surface area contributed by atoms with Crippen molar-refractivity contribution in [3.63, 3.8) is 0 Å². The highest BCUT2D eigenvalue weighted by Crippen LogP contribution is 2.28.